The number of unbranched alkanes of at least 4 members (excludes halogenated alkanes) is 1. The number of benzene rings is 1. The molecule has 46 heavy (non-hydrogen) atoms. The van der Waals surface area contributed by atoms with Crippen molar-refractivity contribution >= 4 is 5.78 Å². The van der Waals surface area contributed by atoms with Crippen molar-refractivity contribution in [3.05, 3.63) is 96.2 Å². The maximum Gasteiger partial charge on any atom is 0.306 e. The van der Waals surface area contributed by atoms with Crippen LogP contribution in [-0.4, -0.2) is 80.5 Å². The predicted octanol–water partition coefficient (Wildman–Crippen LogP) is 3.84. The molecular weight excluding hydrogens is 588 g/mol. The minimum absolute atomic E-state index is 0.253. The first-order valence-corrected chi connectivity index (χ1v) is 16.3. The molecular formula is C37H44O9. The lowest BCUT2D eigenvalue weighted by atomic mass is 9.53. The van der Waals surface area contributed by atoms with Gasteiger partial charge in [0.1, 0.15) is 29.5 Å². The average molecular weight is 633 g/mol. The van der Waals surface area contributed by atoms with E-state index in [1.165, 1.54) is 0 Å². The predicted molar refractivity (Wildman–Crippen MR) is 168 cm³/mol. The van der Waals surface area contributed by atoms with E-state index in [4.69, 9.17) is 23.7 Å². The van der Waals surface area contributed by atoms with Crippen molar-refractivity contribution in [1.82, 2.24) is 0 Å². The summed E-state index contributed by atoms with van der Waals surface area (Å²) in [6, 6.07) is 9.78. The number of Topliss-reactive ketones (excluding diaryl/α,β-unsaturated/α-hetero) is 1. The molecule has 3 heterocycles. The number of carbonyl (C=O) groups excluding carboxylic acids is 1. The molecule has 9 heteroatoms. The van der Waals surface area contributed by atoms with E-state index in [1.807, 2.05) is 62.4 Å². The molecule has 0 radical (unpaired) electrons. The number of rotatable bonds is 10. The van der Waals surface area contributed by atoms with Crippen LogP contribution in [0.2, 0.25) is 0 Å². The lowest BCUT2D eigenvalue weighted by Gasteiger charge is -2.61. The lowest BCUT2D eigenvalue weighted by molar-refractivity contribution is -0.408. The first-order valence-electron chi connectivity index (χ1n) is 16.3. The first kappa shape index (κ1) is 31.8. The number of ether oxygens (including phenoxy) is 5. The van der Waals surface area contributed by atoms with Gasteiger partial charge >= 0.3 is 5.97 Å². The molecule has 0 amide bonds. The Hall–Kier alpha value is -2.73. The summed E-state index contributed by atoms with van der Waals surface area (Å²) in [5, 5.41) is 34.9. The van der Waals surface area contributed by atoms with E-state index in [0.29, 0.717) is 11.1 Å². The minimum Gasteiger partial charge on any atom is -0.393 e. The molecule has 7 rings (SSSR count). The summed E-state index contributed by atoms with van der Waals surface area (Å²) in [6.45, 7) is 11.6. The monoisotopic (exact) mass is 632 g/mol. The van der Waals surface area contributed by atoms with Crippen LogP contribution in [-0.2, 0) is 35.1 Å². The highest BCUT2D eigenvalue weighted by molar-refractivity contribution is 6.05. The Kier molecular flexibility index (Phi) is 7.55. The summed E-state index contributed by atoms with van der Waals surface area (Å²) < 4.78 is 33.9. The summed E-state index contributed by atoms with van der Waals surface area (Å²) in [5.74, 6) is -4.61. The molecule has 1 aromatic rings. The van der Waals surface area contributed by atoms with Crippen LogP contribution in [0.3, 0.4) is 0 Å². The molecule has 3 bridgehead atoms. The number of aliphatic hydroxyl groups is 3. The molecule has 3 aliphatic carbocycles. The topological polar surface area (TPSA) is 127 Å². The molecule has 2 saturated carbocycles. The van der Waals surface area contributed by atoms with Gasteiger partial charge in [-0.15, -0.1) is 0 Å². The van der Waals surface area contributed by atoms with E-state index in [0.717, 1.165) is 18.4 Å². The fourth-order valence-electron chi connectivity index (χ4n) is 9.11. The van der Waals surface area contributed by atoms with Crippen LogP contribution in [0.4, 0.5) is 0 Å². The van der Waals surface area contributed by atoms with Crippen molar-refractivity contribution in [3.63, 3.8) is 0 Å². The number of allylic oxidation sites excluding steroid dienone is 5. The van der Waals surface area contributed by atoms with Gasteiger partial charge in [0, 0.05) is 23.8 Å². The molecule has 0 spiro atoms. The van der Waals surface area contributed by atoms with Gasteiger partial charge in [0.25, 0.3) is 0 Å². The van der Waals surface area contributed by atoms with Crippen LogP contribution in [0.15, 0.2) is 90.6 Å². The second-order valence-corrected chi connectivity index (χ2v) is 13.8. The van der Waals surface area contributed by atoms with Crippen molar-refractivity contribution < 1.29 is 43.8 Å². The average Bonchev–Trinajstić information content (AvgIpc) is 3.67. The minimum atomic E-state index is -2.33. The van der Waals surface area contributed by atoms with Gasteiger partial charge < -0.3 is 39.0 Å². The number of fused-ring (bicyclic) bond motifs is 3. The molecule has 246 valence electrons. The molecule has 6 aliphatic rings. The number of aliphatic hydroxyl groups excluding tert-OH is 2. The Balaban J connectivity index is 1.41. The Bertz CT molecular complexity index is 1530. The summed E-state index contributed by atoms with van der Waals surface area (Å²) in [6.07, 6.45) is 11.0. The Morgan fingerprint density at radius 1 is 1.09 bits per heavy atom. The highest BCUT2D eigenvalue weighted by Gasteiger charge is 2.90. The second-order valence-electron chi connectivity index (χ2n) is 13.8. The number of carbonyl (C=O) groups is 1. The molecule has 12 unspecified atom stereocenters. The summed E-state index contributed by atoms with van der Waals surface area (Å²) in [4.78, 5) is 13.8. The summed E-state index contributed by atoms with van der Waals surface area (Å²) >= 11 is 0. The zero-order valence-electron chi connectivity index (χ0n) is 26.8. The standard InChI is InChI=1S/C37H44O9/c1-6-7-8-9-10-11-15-18-34-44-31-27-30-33(21-38,43-30)32(40)35(41)26(19-23(4)28(35)39)37(27,46-34)24(5)29(36(31,45-34)22(2)3)42-20-25-16-13-12-14-17-25/h8-19,24,26-27,29-32,38,40-41H,2,6-7,20-21H2,1,3-5H3. The molecule has 3 saturated heterocycles. The largest absolute Gasteiger partial charge is 0.393 e. The molecule has 0 aromatic heterocycles. The van der Waals surface area contributed by atoms with Crippen LogP contribution in [0, 0.1) is 17.8 Å². The van der Waals surface area contributed by atoms with Gasteiger partial charge in [-0.3, -0.25) is 4.79 Å². The molecule has 12 atom stereocenters. The third-order valence-corrected chi connectivity index (χ3v) is 11.3. The fourth-order valence-corrected chi connectivity index (χ4v) is 9.11. The van der Waals surface area contributed by atoms with E-state index in [1.54, 1.807) is 25.2 Å². The van der Waals surface area contributed by atoms with Gasteiger partial charge in [0.15, 0.2) is 11.4 Å². The van der Waals surface area contributed by atoms with E-state index in [2.05, 4.69) is 19.6 Å². The van der Waals surface area contributed by atoms with Gasteiger partial charge in [0.2, 0.25) is 0 Å². The van der Waals surface area contributed by atoms with Crippen molar-refractivity contribution in [1.29, 1.82) is 0 Å². The van der Waals surface area contributed by atoms with Gasteiger partial charge in [-0.2, -0.15) is 0 Å². The third kappa shape index (κ3) is 4.00. The van der Waals surface area contributed by atoms with Gasteiger partial charge in [-0.05, 0) is 37.0 Å². The van der Waals surface area contributed by atoms with Gasteiger partial charge in [0.05, 0.1) is 24.9 Å². The van der Waals surface area contributed by atoms with Crippen molar-refractivity contribution in [2.45, 2.75) is 99.9 Å². The SMILES string of the molecule is C=C(C)C12OC3(C=CC=CC=CCCC)OC1C1C4OC4(CO)C(O)C4(O)C(=O)C(C)=CC4C1(O3)C(C)C2OCc1ccccc1. The maximum absolute atomic E-state index is 13.8. The number of epoxide rings is 1. The van der Waals surface area contributed by atoms with E-state index in [-0.39, 0.29) is 6.61 Å². The second kappa shape index (κ2) is 10.9. The Morgan fingerprint density at radius 2 is 1.83 bits per heavy atom. The Labute approximate surface area is 269 Å². The van der Waals surface area contributed by atoms with Crippen molar-refractivity contribution in [2.24, 2.45) is 17.8 Å². The summed E-state index contributed by atoms with van der Waals surface area (Å²) in [7, 11) is 0. The highest BCUT2D eigenvalue weighted by atomic mass is 16.9. The molecule has 3 aliphatic heterocycles. The lowest BCUT2D eigenvalue weighted by Crippen LogP contribution is -2.76. The molecule has 3 N–H and O–H groups in total. The van der Waals surface area contributed by atoms with Crippen LogP contribution in [0.5, 0.6) is 0 Å². The molecule has 1 aromatic carbocycles. The van der Waals surface area contributed by atoms with Crippen LogP contribution >= 0.6 is 0 Å². The summed E-state index contributed by atoms with van der Waals surface area (Å²) in [5.41, 5.74) is -4.65. The van der Waals surface area contributed by atoms with E-state index in [9.17, 15) is 20.1 Å². The fraction of sp³-hybridized carbons (Fsp3) is 0.541. The van der Waals surface area contributed by atoms with Crippen molar-refractivity contribution in [3.8, 4) is 0 Å². The van der Waals surface area contributed by atoms with E-state index >= 15 is 0 Å². The Morgan fingerprint density at radius 3 is 2.52 bits per heavy atom. The normalized spacial score (nSPS) is 46.9. The first-order chi connectivity index (χ1) is 22.0. The van der Waals surface area contributed by atoms with Crippen molar-refractivity contribution in [2.75, 3.05) is 6.61 Å². The number of hydrogen-bond acceptors (Lipinski definition) is 9. The van der Waals surface area contributed by atoms with Gasteiger partial charge in [-0.1, -0.05) is 93.6 Å². The third-order valence-electron chi connectivity index (χ3n) is 11.3. The van der Waals surface area contributed by atoms with Crippen LogP contribution in [0.25, 0.3) is 0 Å². The number of hydrogen-bond donors (Lipinski definition) is 3. The van der Waals surface area contributed by atoms with Gasteiger partial charge in [-0.25, -0.2) is 0 Å². The zero-order valence-corrected chi connectivity index (χ0v) is 26.8. The quantitative estimate of drug-likeness (QED) is 0.200. The highest BCUT2D eigenvalue weighted by Crippen LogP contribution is 2.73. The van der Waals surface area contributed by atoms with Crippen LogP contribution < -0.4 is 0 Å². The van der Waals surface area contributed by atoms with E-state index < -0.39 is 82.9 Å². The maximum atomic E-state index is 13.8. The number of ketones is 1. The smallest absolute Gasteiger partial charge is 0.306 e. The zero-order chi connectivity index (χ0) is 32.7. The molecule has 9 nitrogen and oxygen atoms in total. The molecule has 5 fully saturated rings. The van der Waals surface area contributed by atoms with Crippen LogP contribution in [0.1, 0.15) is 46.1 Å².